The van der Waals surface area contributed by atoms with Gasteiger partial charge in [-0.15, -0.1) is 11.6 Å². The van der Waals surface area contributed by atoms with Crippen LogP contribution in [0.5, 0.6) is 11.5 Å². The van der Waals surface area contributed by atoms with Gasteiger partial charge in [-0.3, -0.25) is 0 Å². The fourth-order valence-corrected chi connectivity index (χ4v) is 1.33. The van der Waals surface area contributed by atoms with E-state index in [-0.39, 0.29) is 5.38 Å². The molecule has 1 aromatic carbocycles. The quantitative estimate of drug-likeness (QED) is 0.646. The summed E-state index contributed by atoms with van der Waals surface area (Å²) in [4.78, 5) is 0. The Labute approximate surface area is 82.4 Å². The normalized spacial score (nSPS) is 19.9. The average Bonchev–Trinajstić information content (AvgIpc) is 2.42. The van der Waals surface area contributed by atoms with E-state index in [1.165, 1.54) is 0 Å². The molecule has 2 nitrogen and oxygen atoms in total. The molecule has 0 spiro atoms. The minimum Gasteiger partial charge on any atom is -0.447 e. The van der Waals surface area contributed by atoms with Crippen molar-refractivity contribution < 1.29 is 9.47 Å². The summed E-state index contributed by atoms with van der Waals surface area (Å²) < 4.78 is 11.2. The second-order valence-corrected chi connectivity index (χ2v) is 3.94. The summed E-state index contributed by atoms with van der Waals surface area (Å²) in [5, 5.41) is -0.195. The summed E-state index contributed by atoms with van der Waals surface area (Å²) in [5.74, 6) is 0.792. The van der Waals surface area contributed by atoms with Gasteiger partial charge in [0.25, 0.3) is 5.79 Å². The molecule has 1 aliphatic rings. The lowest BCUT2D eigenvalue weighted by Crippen LogP contribution is -2.42. The van der Waals surface area contributed by atoms with Gasteiger partial charge in [-0.2, -0.15) is 0 Å². The van der Waals surface area contributed by atoms with Gasteiger partial charge in [0.1, 0.15) is 5.38 Å². The molecule has 1 aromatic rings. The molecule has 1 heterocycles. The Morgan fingerprint density at radius 2 is 1.69 bits per heavy atom. The summed E-state index contributed by atoms with van der Waals surface area (Å²) in [6.45, 7) is 3.69. The number of halogens is 1. The largest absolute Gasteiger partial charge is 0.447 e. The Morgan fingerprint density at radius 3 is 2.08 bits per heavy atom. The lowest BCUT2D eigenvalue weighted by Gasteiger charge is -2.25. The molecule has 0 N–H and O–H groups in total. The number of alkyl halides is 1. The SMILES string of the molecule is CC(Cl)C1(C)Oc2ccccc2O1. The predicted octanol–water partition coefficient (Wildman–Crippen LogP) is 2.80. The molecule has 0 saturated carbocycles. The maximum Gasteiger partial charge on any atom is 0.264 e. The highest BCUT2D eigenvalue weighted by molar-refractivity contribution is 6.21. The van der Waals surface area contributed by atoms with E-state index in [9.17, 15) is 0 Å². The van der Waals surface area contributed by atoms with Gasteiger partial charge in [0.05, 0.1) is 0 Å². The highest BCUT2D eigenvalue weighted by atomic mass is 35.5. The maximum absolute atomic E-state index is 5.97. The molecule has 0 bridgehead atoms. The zero-order chi connectivity index (χ0) is 9.47. The summed E-state index contributed by atoms with van der Waals surface area (Å²) in [6, 6.07) is 7.57. The predicted molar refractivity (Wildman–Crippen MR) is 51.4 cm³/mol. The minimum absolute atomic E-state index is 0.195. The van der Waals surface area contributed by atoms with Gasteiger partial charge in [-0.25, -0.2) is 0 Å². The fourth-order valence-electron chi connectivity index (χ4n) is 1.24. The first-order chi connectivity index (χ1) is 6.12. The molecule has 70 valence electrons. The van der Waals surface area contributed by atoms with Crippen LogP contribution in [0.2, 0.25) is 0 Å². The van der Waals surface area contributed by atoms with E-state index in [2.05, 4.69) is 0 Å². The Balaban J connectivity index is 2.32. The first-order valence-electron chi connectivity index (χ1n) is 4.23. The molecule has 0 radical (unpaired) electrons. The zero-order valence-corrected chi connectivity index (χ0v) is 8.34. The zero-order valence-electron chi connectivity index (χ0n) is 7.58. The number of benzene rings is 1. The molecule has 3 heteroatoms. The molecule has 0 aromatic heterocycles. The number of hydrogen-bond acceptors (Lipinski definition) is 2. The standard InChI is InChI=1S/C10H11ClO2/c1-7(11)10(2)12-8-5-3-4-6-9(8)13-10/h3-7H,1-2H3. The van der Waals surface area contributed by atoms with Gasteiger partial charge in [0.15, 0.2) is 11.5 Å². The highest BCUT2D eigenvalue weighted by Crippen LogP contribution is 2.41. The van der Waals surface area contributed by atoms with Crippen LogP contribution >= 0.6 is 11.6 Å². The molecule has 0 amide bonds. The van der Waals surface area contributed by atoms with Crippen LogP contribution in [0.25, 0.3) is 0 Å². The molecule has 0 fully saturated rings. The molecular formula is C10H11ClO2. The van der Waals surface area contributed by atoms with E-state index in [4.69, 9.17) is 21.1 Å². The van der Waals surface area contributed by atoms with E-state index >= 15 is 0 Å². The van der Waals surface area contributed by atoms with Gasteiger partial charge in [0.2, 0.25) is 0 Å². The second-order valence-electron chi connectivity index (χ2n) is 3.28. The van der Waals surface area contributed by atoms with Crippen LogP contribution in [0.15, 0.2) is 24.3 Å². The van der Waals surface area contributed by atoms with Gasteiger partial charge in [-0.05, 0) is 19.1 Å². The number of ether oxygens (including phenoxy) is 2. The van der Waals surface area contributed by atoms with E-state index in [0.29, 0.717) is 0 Å². The number of fused-ring (bicyclic) bond motifs is 1. The van der Waals surface area contributed by atoms with E-state index in [1.807, 2.05) is 38.1 Å². The molecule has 1 atom stereocenters. The van der Waals surface area contributed by atoms with Crippen LogP contribution in [0, 0.1) is 0 Å². The average molecular weight is 199 g/mol. The highest BCUT2D eigenvalue weighted by Gasteiger charge is 2.40. The first-order valence-corrected chi connectivity index (χ1v) is 4.66. The van der Waals surface area contributed by atoms with Crippen molar-refractivity contribution in [3.05, 3.63) is 24.3 Å². The number of hydrogen-bond donors (Lipinski definition) is 0. The lowest BCUT2D eigenvalue weighted by molar-refractivity contribution is -0.0604. The van der Waals surface area contributed by atoms with E-state index < -0.39 is 5.79 Å². The molecule has 0 aliphatic carbocycles. The van der Waals surface area contributed by atoms with Crippen molar-refractivity contribution in [1.29, 1.82) is 0 Å². The summed E-state index contributed by atoms with van der Waals surface area (Å²) in [6.07, 6.45) is 0. The first kappa shape index (κ1) is 8.70. The topological polar surface area (TPSA) is 18.5 Å². The van der Waals surface area contributed by atoms with Crippen LogP contribution in [-0.4, -0.2) is 11.2 Å². The van der Waals surface area contributed by atoms with Crippen molar-refractivity contribution in [2.75, 3.05) is 0 Å². The Kier molecular flexibility index (Phi) is 1.88. The molecule has 1 unspecified atom stereocenters. The van der Waals surface area contributed by atoms with Gasteiger partial charge in [-0.1, -0.05) is 12.1 Å². The summed E-state index contributed by atoms with van der Waals surface area (Å²) >= 11 is 5.97. The Morgan fingerprint density at radius 1 is 1.23 bits per heavy atom. The van der Waals surface area contributed by atoms with Crippen LogP contribution in [-0.2, 0) is 0 Å². The lowest BCUT2D eigenvalue weighted by atomic mass is 10.2. The Hall–Kier alpha value is -0.890. The van der Waals surface area contributed by atoms with Crippen LogP contribution < -0.4 is 9.47 Å². The van der Waals surface area contributed by atoms with Crippen molar-refractivity contribution in [3.63, 3.8) is 0 Å². The van der Waals surface area contributed by atoms with Crippen molar-refractivity contribution in [2.45, 2.75) is 25.0 Å². The number of para-hydroxylation sites is 2. The maximum atomic E-state index is 5.97. The fraction of sp³-hybridized carbons (Fsp3) is 0.400. The van der Waals surface area contributed by atoms with Crippen molar-refractivity contribution >= 4 is 11.6 Å². The minimum atomic E-state index is -0.731. The van der Waals surface area contributed by atoms with E-state index in [1.54, 1.807) is 0 Å². The summed E-state index contributed by atoms with van der Waals surface area (Å²) in [7, 11) is 0. The smallest absolute Gasteiger partial charge is 0.264 e. The second kappa shape index (κ2) is 2.81. The number of rotatable bonds is 1. The third-order valence-corrected chi connectivity index (χ3v) is 2.59. The van der Waals surface area contributed by atoms with Gasteiger partial charge >= 0.3 is 0 Å². The molecular weight excluding hydrogens is 188 g/mol. The molecule has 13 heavy (non-hydrogen) atoms. The third-order valence-electron chi connectivity index (χ3n) is 2.20. The summed E-state index contributed by atoms with van der Waals surface area (Å²) in [5.41, 5.74) is 0. The molecule has 0 saturated heterocycles. The molecule has 1 aliphatic heterocycles. The van der Waals surface area contributed by atoms with Crippen LogP contribution in [0.4, 0.5) is 0 Å². The van der Waals surface area contributed by atoms with Crippen molar-refractivity contribution in [3.8, 4) is 11.5 Å². The van der Waals surface area contributed by atoms with E-state index in [0.717, 1.165) is 11.5 Å². The van der Waals surface area contributed by atoms with Crippen LogP contribution in [0.1, 0.15) is 13.8 Å². The van der Waals surface area contributed by atoms with Crippen molar-refractivity contribution in [2.24, 2.45) is 0 Å². The molecule has 2 rings (SSSR count). The third kappa shape index (κ3) is 1.35. The van der Waals surface area contributed by atoms with Gasteiger partial charge in [0, 0.05) is 6.92 Å². The van der Waals surface area contributed by atoms with Crippen LogP contribution in [0.3, 0.4) is 0 Å². The monoisotopic (exact) mass is 198 g/mol. The van der Waals surface area contributed by atoms with Gasteiger partial charge < -0.3 is 9.47 Å². The Bertz CT molecular complexity index is 297. The van der Waals surface area contributed by atoms with Crippen molar-refractivity contribution in [1.82, 2.24) is 0 Å².